The minimum absolute atomic E-state index is 0.00910. The minimum atomic E-state index is -0.187. The van der Waals surface area contributed by atoms with Gasteiger partial charge in [0.05, 0.1) is 28.5 Å². The molecule has 1 amide bonds. The van der Waals surface area contributed by atoms with Crippen LogP contribution in [0.25, 0.3) is 11.0 Å². The average Bonchev–Trinajstić information content (AvgIpc) is 2.99. The van der Waals surface area contributed by atoms with Crippen molar-refractivity contribution in [1.82, 2.24) is 15.3 Å². The van der Waals surface area contributed by atoms with Crippen LogP contribution in [0.5, 0.6) is 5.75 Å². The first kappa shape index (κ1) is 17.3. The highest BCUT2D eigenvalue weighted by Crippen LogP contribution is 2.24. The number of aromatic amines is 1. The normalized spacial score (nSPS) is 12.3. The van der Waals surface area contributed by atoms with Crippen molar-refractivity contribution in [1.29, 1.82) is 0 Å². The van der Waals surface area contributed by atoms with Gasteiger partial charge in [-0.15, -0.1) is 0 Å². The molecule has 0 spiro atoms. The van der Waals surface area contributed by atoms with Crippen LogP contribution in [-0.2, 0) is 11.2 Å². The van der Waals surface area contributed by atoms with Crippen molar-refractivity contribution in [2.75, 3.05) is 0 Å². The van der Waals surface area contributed by atoms with Crippen LogP contribution in [0.3, 0.4) is 0 Å². The third-order valence-electron chi connectivity index (χ3n) is 4.11. The first-order chi connectivity index (χ1) is 12.0. The number of aromatic nitrogens is 2. The molecule has 0 saturated heterocycles. The summed E-state index contributed by atoms with van der Waals surface area (Å²) < 4.78 is 0. The standard InChI is InChI=1S/C19H20ClN3O2/c1-3-14(19-22-15-6-4-11(2)8-16(15)23-19)21-18(25)10-12-5-7-17(24)13(20)9-12/h4-9,14,24H,3,10H2,1-2H3,(H,21,25)(H,22,23). The summed E-state index contributed by atoms with van der Waals surface area (Å²) in [4.78, 5) is 20.2. The SMILES string of the molecule is CCC(NC(=O)Cc1ccc(O)c(Cl)c1)c1nc2ccc(C)cc2[nH]1. The maximum Gasteiger partial charge on any atom is 0.225 e. The second-order valence-corrected chi connectivity index (χ2v) is 6.54. The quantitative estimate of drug-likeness (QED) is 0.644. The van der Waals surface area contributed by atoms with Gasteiger partial charge in [-0.1, -0.05) is 30.7 Å². The Balaban J connectivity index is 1.73. The number of H-pyrrole nitrogens is 1. The molecule has 2 aromatic carbocycles. The van der Waals surface area contributed by atoms with Gasteiger partial charge in [0.15, 0.2) is 0 Å². The molecule has 5 nitrogen and oxygen atoms in total. The number of aryl methyl sites for hydroxylation is 1. The van der Waals surface area contributed by atoms with Gasteiger partial charge in [0.1, 0.15) is 11.6 Å². The number of imidazole rings is 1. The molecule has 0 radical (unpaired) electrons. The molecule has 0 bridgehead atoms. The lowest BCUT2D eigenvalue weighted by Crippen LogP contribution is -2.30. The van der Waals surface area contributed by atoms with E-state index in [1.54, 1.807) is 12.1 Å². The van der Waals surface area contributed by atoms with Crippen molar-refractivity contribution >= 4 is 28.5 Å². The number of nitrogens with one attached hydrogen (secondary N) is 2. The number of phenols is 1. The molecule has 25 heavy (non-hydrogen) atoms. The summed E-state index contributed by atoms with van der Waals surface area (Å²) >= 11 is 5.89. The highest BCUT2D eigenvalue weighted by molar-refractivity contribution is 6.32. The Morgan fingerprint density at radius 3 is 2.84 bits per heavy atom. The summed E-state index contributed by atoms with van der Waals surface area (Å²) in [7, 11) is 0. The molecule has 0 aliphatic heterocycles. The van der Waals surface area contributed by atoms with E-state index in [0.717, 1.165) is 34.4 Å². The molecule has 0 aliphatic carbocycles. The van der Waals surface area contributed by atoms with Gasteiger partial charge >= 0.3 is 0 Å². The number of aromatic hydroxyl groups is 1. The fourth-order valence-corrected chi connectivity index (χ4v) is 2.97. The summed E-state index contributed by atoms with van der Waals surface area (Å²) in [6, 6.07) is 10.6. The summed E-state index contributed by atoms with van der Waals surface area (Å²) in [5.41, 5.74) is 3.76. The summed E-state index contributed by atoms with van der Waals surface area (Å²) in [6.07, 6.45) is 0.913. The minimum Gasteiger partial charge on any atom is -0.506 e. The number of carbonyl (C=O) groups excluding carboxylic acids is 1. The predicted octanol–water partition coefficient (Wildman–Crippen LogP) is 4.04. The van der Waals surface area contributed by atoms with E-state index in [4.69, 9.17) is 11.6 Å². The van der Waals surface area contributed by atoms with E-state index >= 15 is 0 Å². The molecule has 0 aliphatic rings. The van der Waals surface area contributed by atoms with E-state index in [2.05, 4.69) is 15.3 Å². The lowest BCUT2D eigenvalue weighted by atomic mass is 10.1. The molecule has 1 aromatic heterocycles. The van der Waals surface area contributed by atoms with Gasteiger partial charge < -0.3 is 15.4 Å². The van der Waals surface area contributed by atoms with Crippen LogP contribution in [0.1, 0.15) is 36.3 Å². The van der Waals surface area contributed by atoms with E-state index in [1.807, 2.05) is 32.0 Å². The second-order valence-electron chi connectivity index (χ2n) is 6.13. The van der Waals surface area contributed by atoms with Crippen LogP contribution in [0.4, 0.5) is 0 Å². The number of carbonyl (C=O) groups is 1. The van der Waals surface area contributed by atoms with Crippen LogP contribution in [0, 0.1) is 6.92 Å². The van der Waals surface area contributed by atoms with Crippen molar-refractivity contribution < 1.29 is 9.90 Å². The van der Waals surface area contributed by atoms with Gasteiger partial charge in [-0.3, -0.25) is 4.79 Å². The molecule has 1 heterocycles. The Hall–Kier alpha value is -2.53. The fourth-order valence-electron chi connectivity index (χ4n) is 2.76. The number of hydrogen-bond donors (Lipinski definition) is 3. The van der Waals surface area contributed by atoms with Gasteiger partial charge in [0.25, 0.3) is 0 Å². The number of rotatable bonds is 5. The zero-order valence-corrected chi connectivity index (χ0v) is 14.9. The highest BCUT2D eigenvalue weighted by Gasteiger charge is 2.17. The third-order valence-corrected chi connectivity index (χ3v) is 4.41. The maximum atomic E-state index is 12.4. The molecule has 3 aromatic rings. The lowest BCUT2D eigenvalue weighted by Gasteiger charge is -2.14. The van der Waals surface area contributed by atoms with Crippen LogP contribution in [0.2, 0.25) is 5.02 Å². The zero-order chi connectivity index (χ0) is 18.0. The van der Waals surface area contributed by atoms with Crippen molar-refractivity contribution in [2.24, 2.45) is 0 Å². The van der Waals surface area contributed by atoms with Gasteiger partial charge in [0, 0.05) is 0 Å². The molecule has 1 unspecified atom stereocenters. The highest BCUT2D eigenvalue weighted by atomic mass is 35.5. The third kappa shape index (κ3) is 3.94. The van der Waals surface area contributed by atoms with Gasteiger partial charge in [0.2, 0.25) is 5.91 Å². The van der Waals surface area contributed by atoms with Gasteiger partial charge in [-0.25, -0.2) is 4.98 Å². The first-order valence-electron chi connectivity index (χ1n) is 8.19. The lowest BCUT2D eigenvalue weighted by molar-refractivity contribution is -0.121. The second kappa shape index (κ2) is 7.15. The van der Waals surface area contributed by atoms with Gasteiger partial charge in [-0.05, 0) is 48.7 Å². The number of phenolic OH excluding ortho intramolecular Hbond substituents is 1. The molecule has 3 N–H and O–H groups in total. The molecule has 0 saturated carbocycles. The number of benzene rings is 2. The number of nitrogens with zero attached hydrogens (tertiary/aromatic N) is 1. The van der Waals surface area contributed by atoms with Crippen molar-refractivity contribution in [3.63, 3.8) is 0 Å². The largest absolute Gasteiger partial charge is 0.506 e. The molecule has 0 fully saturated rings. The van der Waals surface area contributed by atoms with Crippen molar-refractivity contribution in [3.05, 3.63) is 58.4 Å². The van der Waals surface area contributed by atoms with E-state index < -0.39 is 0 Å². The molecule has 6 heteroatoms. The number of fused-ring (bicyclic) bond motifs is 1. The molecular formula is C19H20ClN3O2. The smallest absolute Gasteiger partial charge is 0.225 e. The zero-order valence-electron chi connectivity index (χ0n) is 14.1. The monoisotopic (exact) mass is 357 g/mol. The van der Waals surface area contributed by atoms with E-state index in [1.165, 1.54) is 6.07 Å². The van der Waals surface area contributed by atoms with Crippen molar-refractivity contribution in [3.8, 4) is 5.75 Å². The maximum absolute atomic E-state index is 12.4. The summed E-state index contributed by atoms with van der Waals surface area (Å²) in [6.45, 7) is 4.03. The molecular weight excluding hydrogens is 338 g/mol. The number of hydrogen-bond acceptors (Lipinski definition) is 3. The Morgan fingerprint density at radius 1 is 1.32 bits per heavy atom. The Labute approximate surface area is 151 Å². The van der Waals surface area contributed by atoms with E-state index in [0.29, 0.717) is 0 Å². The number of amides is 1. The Bertz CT molecular complexity index is 920. The van der Waals surface area contributed by atoms with Crippen LogP contribution < -0.4 is 5.32 Å². The molecule has 130 valence electrons. The van der Waals surface area contributed by atoms with E-state index in [-0.39, 0.29) is 29.1 Å². The number of halogens is 1. The average molecular weight is 358 g/mol. The van der Waals surface area contributed by atoms with Crippen LogP contribution in [-0.4, -0.2) is 21.0 Å². The molecule has 3 rings (SSSR count). The summed E-state index contributed by atoms with van der Waals surface area (Å²) in [5, 5.41) is 12.7. The van der Waals surface area contributed by atoms with Crippen LogP contribution >= 0.6 is 11.6 Å². The Kier molecular flexibility index (Phi) is 4.95. The topological polar surface area (TPSA) is 78.0 Å². The van der Waals surface area contributed by atoms with Crippen LogP contribution in [0.15, 0.2) is 36.4 Å². The fraction of sp³-hybridized carbons (Fsp3) is 0.263. The summed E-state index contributed by atoms with van der Waals surface area (Å²) in [5.74, 6) is 0.639. The van der Waals surface area contributed by atoms with Gasteiger partial charge in [-0.2, -0.15) is 0 Å². The van der Waals surface area contributed by atoms with Crippen molar-refractivity contribution in [2.45, 2.75) is 32.7 Å². The predicted molar refractivity (Wildman–Crippen MR) is 98.8 cm³/mol. The molecule has 1 atom stereocenters. The van der Waals surface area contributed by atoms with E-state index in [9.17, 15) is 9.90 Å². The Morgan fingerprint density at radius 2 is 2.12 bits per heavy atom. The first-order valence-corrected chi connectivity index (χ1v) is 8.57.